The van der Waals surface area contributed by atoms with Gasteiger partial charge in [-0.15, -0.1) is 16.8 Å². The smallest absolute Gasteiger partial charge is 0.230 e. The maximum Gasteiger partial charge on any atom is 0.230 e. The van der Waals surface area contributed by atoms with Gasteiger partial charge in [0.25, 0.3) is 0 Å². The van der Waals surface area contributed by atoms with E-state index in [1.165, 1.54) is 11.8 Å². The van der Waals surface area contributed by atoms with E-state index in [1.54, 1.807) is 27.4 Å². The van der Waals surface area contributed by atoms with Crippen LogP contribution in [-0.4, -0.2) is 47.8 Å². The van der Waals surface area contributed by atoms with Gasteiger partial charge in [0.15, 0.2) is 22.5 Å². The molecule has 0 radical (unpaired) electrons. The summed E-state index contributed by atoms with van der Waals surface area (Å²) in [5.74, 6) is 2.72. The van der Waals surface area contributed by atoms with E-state index in [4.69, 9.17) is 14.2 Å². The summed E-state index contributed by atoms with van der Waals surface area (Å²) < 4.78 is 17.9. The molecule has 0 bridgehead atoms. The monoisotopic (exact) mass is 454 g/mol. The van der Waals surface area contributed by atoms with Crippen molar-refractivity contribution in [1.29, 1.82) is 0 Å². The fourth-order valence-corrected chi connectivity index (χ4v) is 3.87. The molecule has 0 unspecified atom stereocenters. The lowest BCUT2D eigenvalue weighted by Gasteiger charge is -2.11. The molecule has 3 aromatic rings. The zero-order chi connectivity index (χ0) is 22.9. The molecule has 0 fully saturated rings. The van der Waals surface area contributed by atoms with Crippen LogP contribution in [0.2, 0.25) is 0 Å². The summed E-state index contributed by atoms with van der Waals surface area (Å²) in [4.78, 5) is 12.4. The summed E-state index contributed by atoms with van der Waals surface area (Å²) in [7, 11) is 4.78. The molecule has 2 aromatic carbocycles. The van der Waals surface area contributed by atoms with Gasteiger partial charge in [-0.25, -0.2) is 0 Å². The summed E-state index contributed by atoms with van der Waals surface area (Å²) in [5, 5.41) is 12.2. The minimum atomic E-state index is -0.114. The fourth-order valence-electron chi connectivity index (χ4n) is 3.09. The van der Waals surface area contributed by atoms with Crippen molar-refractivity contribution in [2.75, 3.05) is 27.1 Å². The van der Waals surface area contributed by atoms with E-state index < -0.39 is 0 Å². The first-order valence-corrected chi connectivity index (χ1v) is 10.9. The second kappa shape index (κ2) is 11.2. The largest absolute Gasteiger partial charge is 0.496 e. The molecule has 1 N–H and O–H groups in total. The van der Waals surface area contributed by atoms with Gasteiger partial charge in [0.2, 0.25) is 5.91 Å². The van der Waals surface area contributed by atoms with E-state index in [0.717, 1.165) is 11.1 Å². The standard InChI is InChI=1S/C23H26N4O4S/c1-5-12-27-22(17-8-6-7-9-18(17)29-2)25-26-23(27)32-15-21(28)24-14-16-10-11-19(30-3)20(13-16)31-4/h5-11,13H,1,12,14-15H2,2-4H3,(H,24,28). The van der Waals surface area contributed by atoms with Gasteiger partial charge >= 0.3 is 0 Å². The predicted molar refractivity (Wildman–Crippen MR) is 124 cm³/mol. The molecule has 0 spiro atoms. The minimum absolute atomic E-state index is 0.114. The number of para-hydroxylation sites is 1. The Balaban J connectivity index is 1.66. The molecular weight excluding hydrogens is 428 g/mol. The van der Waals surface area contributed by atoms with Crippen LogP contribution in [0, 0.1) is 0 Å². The van der Waals surface area contributed by atoms with Crippen molar-refractivity contribution < 1.29 is 19.0 Å². The Labute approximate surface area is 191 Å². The second-order valence-corrected chi connectivity index (χ2v) is 7.60. The van der Waals surface area contributed by atoms with Crippen LogP contribution in [-0.2, 0) is 17.9 Å². The van der Waals surface area contributed by atoms with Crippen LogP contribution in [0.3, 0.4) is 0 Å². The zero-order valence-corrected chi connectivity index (χ0v) is 19.1. The van der Waals surface area contributed by atoms with Crippen molar-refractivity contribution in [1.82, 2.24) is 20.1 Å². The molecule has 0 aliphatic carbocycles. The topological polar surface area (TPSA) is 87.5 Å². The number of ether oxygens (including phenoxy) is 3. The van der Waals surface area contributed by atoms with Crippen LogP contribution in [0.15, 0.2) is 60.3 Å². The predicted octanol–water partition coefficient (Wildman–Crippen LogP) is 3.57. The second-order valence-electron chi connectivity index (χ2n) is 6.66. The Hall–Kier alpha value is -3.46. The van der Waals surface area contributed by atoms with Crippen LogP contribution < -0.4 is 19.5 Å². The van der Waals surface area contributed by atoms with E-state index in [9.17, 15) is 4.79 Å². The van der Waals surface area contributed by atoms with Crippen molar-refractivity contribution in [3.63, 3.8) is 0 Å². The third kappa shape index (κ3) is 5.42. The van der Waals surface area contributed by atoms with Crippen molar-refractivity contribution in [3.8, 4) is 28.6 Å². The highest BCUT2D eigenvalue weighted by Gasteiger charge is 2.17. The lowest BCUT2D eigenvalue weighted by atomic mass is 10.2. The molecule has 0 saturated heterocycles. The Morgan fingerprint density at radius 3 is 2.53 bits per heavy atom. The highest BCUT2D eigenvalue weighted by Crippen LogP contribution is 2.31. The Bertz CT molecular complexity index is 1080. The van der Waals surface area contributed by atoms with Crippen molar-refractivity contribution in [2.45, 2.75) is 18.2 Å². The summed E-state index contributed by atoms with van der Waals surface area (Å²) in [6, 6.07) is 13.1. The number of benzene rings is 2. The number of aromatic nitrogens is 3. The fraction of sp³-hybridized carbons (Fsp3) is 0.261. The molecule has 0 saturated carbocycles. The Kier molecular flexibility index (Phi) is 8.15. The number of nitrogens with one attached hydrogen (secondary N) is 1. The molecule has 9 heteroatoms. The van der Waals surface area contributed by atoms with Crippen LogP contribution in [0.5, 0.6) is 17.2 Å². The average Bonchev–Trinajstić information content (AvgIpc) is 3.23. The summed E-state index contributed by atoms with van der Waals surface area (Å²) in [5.41, 5.74) is 1.74. The first kappa shape index (κ1) is 23.2. The average molecular weight is 455 g/mol. The van der Waals surface area contributed by atoms with Gasteiger partial charge in [-0.3, -0.25) is 9.36 Å². The maximum atomic E-state index is 12.4. The quantitative estimate of drug-likeness (QED) is 0.350. The SMILES string of the molecule is C=CCn1c(SCC(=O)NCc2ccc(OC)c(OC)c2)nnc1-c1ccccc1OC. The lowest BCUT2D eigenvalue weighted by Crippen LogP contribution is -2.24. The van der Waals surface area contributed by atoms with E-state index in [1.807, 2.05) is 47.0 Å². The van der Waals surface area contributed by atoms with E-state index in [-0.39, 0.29) is 11.7 Å². The van der Waals surface area contributed by atoms with Gasteiger partial charge in [0, 0.05) is 13.1 Å². The number of hydrogen-bond acceptors (Lipinski definition) is 7. The van der Waals surface area contributed by atoms with E-state index >= 15 is 0 Å². The first-order chi connectivity index (χ1) is 15.6. The zero-order valence-electron chi connectivity index (χ0n) is 18.3. The molecule has 1 aromatic heterocycles. The van der Waals surface area contributed by atoms with Crippen LogP contribution in [0.1, 0.15) is 5.56 Å². The van der Waals surface area contributed by atoms with Gasteiger partial charge in [-0.2, -0.15) is 0 Å². The molecule has 1 heterocycles. The summed E-state index contributed by atoms with van der Waals surface area (Å²) >= 11 is 1.32. The van der Waals surface area contributed by atoms with Gasteiger partial charge in [-0.05, 0) is 29.8 Å². The Morgan fingerprint density at radius 2 is 1.81 bits per heavy atom. The van der Waals surface area contributed by atoms with Crippen LogP contribution in [0.4, 0.5) is 0 Å². The number of nitrogens with zero attached hydrogens (tertiary/aromatic N) is 3. The molecule has 32 heavy (non-hydrogen) atoms. The maximum absolute atomic E-state index is 12.4. The molecule has 0 aliphatic rings. The number of thioether (sulfide) groups is 1. The number of carbonyl (C=O) groups is 1. The third-order valence-corrected chi connectivity index (χ3v) is 5.61. The van der Waals surface area contributed by atoms with Gasteiger partial charge in [-0.1, -0.05) is 36.0 Å². The Morgan fingerprint density at radius 1 is 1.06 bits per heavy atom. The van der Waals surface area contributed by atoms with E-state index in [2.05, 4.69) is 22.1 Å². The minimum Gasteiger partial charge on any atom is -0.496 e. The van der Waals surface area contributed by atoms with Crippen LogP contribution in [0.25, 0.3) is 11.4 Å². The molecule has 0 atom stereocenters. The number of allylic oxidation sites excluding steroid dienone is 1. The number of methoxy groups -OCH3 is 3. The third-order valence-electron chi connectivity index (χ3n) is 4.65. The van der Waals surface area contributed by atoms with Crippen LogP contribution >= 0.6 is 11.8 Å². The van der Waals surface area contributed by atoms with Crippen molar-refractivity contribution >= 4 is 17.7 Å². The number of rotatable bonds is 11. The summed E-state index contributed by atoms with van der Waals surface area (Å²) in [6.45, 7) is 4.71. The van der Waals surface area contributed by atoms with Gasteiger partial charge in [0.05, 0.1) is 32.6 Å². The normalized spacial score (nSPS) is 10.5. The van der Waals surface area contributed by atoms with Crippen molar-refractivity contribution in [2.24, 2.45) is 0 Å². The van der Waals surface area contributed by atoms with E-state index in [0.29, 0.717) is 41.3 Å². The molecule has 0 aliphatic heterocycles. The molecule has 168 valence electrons. The van der Waals surface area contributed by atoms with Crippen molar-refractivity contribution in [3.05, 3.63) is 60.7 Å². The first-order valence-electron chi connectivity index (χ1n) is 9.89. The molecule has 1 amide bonds. The number of amides is 1. The summed E-state index contributed by atoms with van der Waals surface area (Å²) in [6.07, 6.45) is 1.77. The number of hydrogen-bond donors (Lipinski definition) is 1. The number of carbonyl (C=O) groups excluding carboxylic acids is 1. The highest BCUT2D eigenvalue weighted by atomic mass is 32.2. The lowest BCUT2D eigenvalue weighted by molar-refractivity contribution is -0.118. The molecule has 8 nitrogen and oxygen atoms in total. The highest BCUT2D eigenvalue weighted by molar-refractivity contribution is 7.99. The molecule has 3 rings (SSSR count). The van der Waals surface area contributed by atoms with Gasteiger partial charge in [0.1, 0.15) is 5.75 Å². The molecular formula is C23H26N4O4S. The van der Waals surface area contributed by atoms with Gasteiger partial charge < -0.3 is 19.5 Å².